The number of aromatic nitrogens is 1. The first-order chi connectivity index (χ1) is 12.6. The predicted octanol–water partition coefficient (Wildman–Crippen LogP) is 2.59. The Morgan fingerprint density at radius 2 is 1.82 bits per heavy atom. The minimum absolute atomic E-state index is 0. The lowest BCUT2D eigenvalue weighted by molar-refractivity contribution is -0.126. The Hall–Kier alpha value is -2.15. The van der Waals surface area contributed by atoms with Crippen molar-refractivity contribution in [2.24, 2.45) is 11.7 Å². The van der Waals surface area contributed by atoms with Gasteiger partial charge in [-0.15, -0.1) is 24.8 Å². The Labute approximate surface area is 177 Å². The van der Waals surface area contributed by atoms with E-state index in [1.54, 1.807) is 29.4 Å². The molecular formula is C20H26Cl2N4O2. The molecule has 1 saturated heterocycles. The fourth-order valence-corrected chi connectivity index (χ4v) is 3.23. The molecule has 3 N–H and O–H groups in total. The van der Waals surface area contributed by atoms with E-state index in [4.69, 9.17) is 5.73 Å². The van der Waals surface area contributed by atoms with Crippen LogP contribution in [0.1, 0.15) is 34.8 Å². The summed E-state index contributed by atoms with van der Waals surface area (Å²) in [5.41, 5.74) is 7.73. The highest BCUT2D eigenvalue weighted by atomic mass is 35.5. The molecule has 1 fully saturated rings. The first kappa shape index (κ1) is 23.9. The lowest BCUT2D eigenvalue weighted by Crippen LogP contribution is -2.46. The molecule has 2 unspecified atom stereocenters. The van der Waals surface area contributed by atoms with Gasteiger partial charge < -0.3 is 16.0 Å². The van der Waals surface area contributed by atoms with Crippen molar-refractivity contribution in [2.45, 2.75) is 18.9 Å². The number of nitrogens with two attached hydrogens (primary N) is 1. The molecule has 1 aliphatic rings. The molecule has 0 radical (unpaired) electrons. The van der Waals surface area contributed by atoms with E-state index in [-0.39, 0.29) is 48.6 Å². The highest BCUT2D eigenvalue weighted by molar-refractivity contribution is 5.94. The molecule has 1 aromatic heterocycles. The van der Waals surface area contributed by atoms with E-state index in [0.29, 0.717) is 25.2 Å². The van der Waals surface area contributed by atoms with Crippen LogP contribution in [0.15, 0.2) is 54.9 Å². The quantitative estimate of drug-likeness (QED) is 0.771. The second-order valence-electron chi connectivity index (χ2n) is 6.59. The van der Waals surface area contributed by atoms with Crippen molar-refractivity contribution in [3.8, 4) is 0 Å². The number of piperidine rings is 1. The minimum atomic E-state index is -0.238. The van der Waals surface area contributed by atoms with Crippen molar-refractivity contribution in [3.05, 3.63) is 66.0 Å². The molecule has 0 aliphatic carbocycles. The summed E-state index contributed by atoms with van der Waals surface area (Å²) in [5, 5.41) is 2.94. The molecule has 152 valence electrons. The third-order valence-corrected chi connectivity index (χ3v) is 4.73. The first-order valence-corrected chi connectivity index (χ1v) is 8.92. The predicted molar refractivity (Wildman–Crippen MR) is 114 cm³/mol. The molecule has 3 rings (SSSR count). The highest BCUT2D eigenvalue weighted by Crippen LogP contribution is 2.19. The number of benzene rings is 1. The SMILES string of the molecule is Cl.Cl.NC(CNC(=O)C1CCCN(C(=O)c2ccncc2)C1)c1ccccc1. The van der Waals surface area contributed by atoms with E-state index in [0.717, 1.165) is 18.4 Å². The number of hydrogen-bond donors (Lipinski definition) is 2. The number of nitrogens with one attached hydrogen (secondary N) is 1. The molecule has 0 spiro atoms. The topological polar surface area (TPSA) is 88.3 Å². The summed E-state index contributed by atoms with van der Waals surface area (Å²) in [6.07, 6.45) is 4.81. The van der Waals surface area contributed by atoms with Gasteiger partial charge in [0.25, 0.3) is 5.91 Å². The van der Waals surface area contributed by atoms with Crippen LogP contribution in [0.4, 0.5) is 0 Å². The number of pyridine rings is 1. The van der Waals surface area contributed by atoms with Gasteiger partial charge in [0, 0.05) is 43.6 Å². The molecule has 2 amide bonds. The number of carbonyl (C=O) groups is 2. The fourth-order valence-electron chi connectivity index (χ4n) is 3.23. The molecule has 2 aromatic rings. The zero-order valence-electron chi connectivity index (χ0n) is 15.5. The number of amides is 2. The molecule has 1 aliphatic heterocycles. The van der Waals surface area contributed by atoms with Crippen molar-refractivity contribution in [2.75, 3.05) is 19.6 Å². The van der Waals surface area contributed by atoms with Crippen molar-refractivity contribution >= 4 is 36.6 Å². The Bertz CT molecular complexity index is 746. The Morgan fingerprint density at radius 1 is 1.14 bits per heavy atom. The summed E-state index contributed by atoms with van der Waals surface area (Å²) in [4.78, 5) is 30.8. The van der Waals surface area contributed by atoms with Gasteiger partial charge in [0.15, 0.2) is 0 Å². The number of nitrogens with zero attached hydrogens (tertiary/aromatic N) is 2. The van der Waals surface area contributed by atoms with E-state index in [9.17, 15) is 9.59 Å². The van der Waals surface area contributed by atoms with Crippen LogP contribution in [0.25, 0.3) is 0 Å². The van der Waals surface area contributed by atoms with Gasteiger partial charge in [-0.2, -0.15) is 0 Å². The van der Waals surface area contributed by atoms with E-state index >= 15 is 0 Å². The number of halogens is 2. The lowest BCUT2D eigenvalue weighted by atomic mass is 9.96. The second-order valence-corrected chi connectivity index (χ2v) is 6.59. The monoisotopic (exact) mass is 424 g/mol. The summed E-state index contributed by atoms with van der Waals surface area (Å²) in [6, 6.07) is 12.9. The van der Waals surface area contributed by atoms with Crippen LogP contribution in [-0.4, -0.2) is 41.3 Å². The summed E-state index contributed by atoms with van der Waals surface area (Å²) in [6.45, 7) is 1.50. The maximum atomic E-state index is 12.6. The number of rotatable bonds is 5. The van der Waals surface area contributed by atoms with E-state index < -0.39 is 0 Å². The number of hydrogen-bond acceptors (Lipinski definition) is 4. The van der Waals surface area contributed by atoms with E-state index in [1.807, 2.05) is 30.3 Å². The zero-order chi connectivity index (χ0) is 18.4. The minimum Gasteiger partial charge on any atom is -0.354 e. The van der Waals surface area contributed by atoms with Gasteiger partial charge in [-0.05, 0) is 30.5 Å². The highest BCUT2D eigenvalue weighted by Gasteiger charge is 2.29. The van der Waals surface area contributed by atoms with Crippen LogP contribution in [0.3, 0.4) is 0 Å². The van der Waals surface area contributed by atoms with Crippen molar-refractivity contribution in [3.63, 3.8) is 0 Å². The number of carbonyl (C=O) groups excluding carboxylic acids is 2. The van der Waals surface area contributed by atoms with Crippen LogP contribution in [0, 0.1) is 5.92 Å². The average Bonchev–Trinajstić information content (AvgIpc) is 2.72. The van der Waals surface area contributed by atoms with Gasteiger partial charge in [0.2, 0.25) is 5.91 Å². The third-order valence-electron chi connectivity index (χ3n) is 4.73. The fraction of sp³-hybridized carbons (Fsp3) is 0.350. The molecule has 8 heteroatoms. The second kappa shape index (κ2) is 11.6. The molecule has 1 aromatic carbocycles. The van der Waals surface area contributed by atoms with Crippen LogP contribution in [0.2, 0.25) is 0 Å². The van der Waals surface area contributed by atoms with E-state index in [1.165, 1.54) is 0 Å². The van der Waals surface area contributed by atoms with Gasteiger partial charge in [-0.25, -0.2) is 0 Å². The summed E-state index contributed by atoms with van der Waals surface area (Å²) < 4.78 is 0. The van der Waals surface area contributed by atoms with Crippen LogP contribution in [-0.2, 0) is 4.79 Å². The third kappa shape index (κ3) is 6.19. The summed E-state index contributed by atoms with van der Waals surface area (Å²) in [7, 11) is 0. The summed E-state index contributed by atoms with van der Waals surface area (Å²) >= 11 is 0. The molecule has 0 bridgehead atoms. The normalized spacial score (nSPS) is 16.9. The van der Waals surface area contributed by atoms with Crippen LogP contribution in [0.5, 0.6) is 0 Å². The zero-order valence-corrected chi connectivity index (χ0v) is 17.1. The van der Waals surface area contributed by atoms with Crippen LogP contribution >= 0.6 is 24.8 Å². The van der Waals surface area contributed by atoms with Gasteiger partial charge in [-0.1, -0.05) is 30.3 Å². The average molecular weight is 425 g/mol. The first-order valence-electron chi connectivity index (χ1n) is 8.92. The van der Waals surface area contributed by atoms with Gasteiger partial charge in [0.05, 0.1) is 5.92 Å². The summed E-state index contributed by atoms with van der Waals surface area (Å²) in [5.74, 6) is -0.285. The van der Waals surface area contributed by atoms with Crippen molar-refractivity contribution in [1.29, 1.82) is 0 Å². The van der Waals surface area contributed by atoms with Crippen molar-refractivity contribution < 1.29 is 9.59 Å². The Kier molecular flexibility index (Phi) is 9.93. The maximum absolute atomic E-state index is 12.6. The lowest BCUT2D eigenvalue weighted by Gasteiger charge is -2.32. The molecule has 6 nitrogen and oxygen atoms in total. The van der Waals surface area contributed by atoms with Gasteiger partial charge >= 0.3 is 0 Å². The van der Waals surface area contributed by atoms with E-state index in [2.05, 4.69) is 10.3 Å². The largest absolute Gasteiger partial charge is 0.354 e. The molecule has 0 saturated carbocycles. The molecule has 2 heterocycles. The van der Waals surface area contributed by atoms with Gasteiger partial charge in [0.1, 0.15) is 0 Å². The number of likely N-dealkylation sites (tertiary alicyclic amines) is 1. The Morgan fingerprint density at radius 3 is 2.50 bits per heavy atom. The van der Waals surface area contributed by atoms with Crippen molar-refractivity contribution in [1.82, 2.24) is 15.2 Å². The molecule has 2 atom stereocenters. The Balaban J connectivity index is 0.00000196. The standard InChI is InChI=1S/C20H24N4O2.2ClH/c21-18(15-5-2-1-3-6-15)13-23-19(25)17-7-4-12-24(14-17)20(26)16-8-10-22-11-9-16;;/h1-3,5-6,8-11,17-18H,4,7,12-14,21H2,(H,23,25);2*1H. The molecule has 28 heavy (non-hydrogen) atoms. The smallest absolute Gasteiger partial charge is 0.253 e. The van der Waals surface area contributed by atoms with Crippen LogP contribution < -0.4 is 11.1 Å². The molecular weight excluding hydrogens is 399 g/mol. The van der Waals surface area contributed by atoms with Gasteiger partial charge in [-0.3, -0.25) is 14.6 Å². The maximum Gasteiger partial charge on any atom is 0.253 e.